The van der Waals surface area contributed by atoms with Crippen molar-refractivity contribution in [3.05, 3.63) is 0 Å². The van der Waals surface area contributed by atoms with Crippen molar-refractivity contribution in [1.29, 1.82) is 0 Å². The third-order valence-electron chi connectivity index (χ3n) is 0. The standard InChI is InChI=1S/HO2P.Ti/c1-3-2;/h3H;/q;-1/p+1. The van der Waals surface area contributed by atoms with Gasteiger partial charge in [-0.05, 0) is 0 Å². The Balaban J connectivity index is 2.80. The molecule has 0 aromatic rings. The average Bonchev–Trinajstić information content (AvgIpc) is 0.811. The van der Waals surface area contributed by atoms with Crippen LogP contribution in [0.25, 0.3) is 0 Å². The second-order valence-electron chi connectivity index (χ2n) is 0.305. The van der Waals surface area contributed by atoms with Gasteiger partial charge in [-0.2, -0.15) is 0 Å². The van der Waals surface area contributed by atoms with E-state index in [4.69, 9.17) is 4.89 Å². The van der Waals surface area contributed by atoms with E-state index in [0.717, 1.165) is 0 Å². The van der Waals surface area contributed by atoms with Crippen molar-refractivity contribution in [3.8, 4) is 0 Å². The fourth-order valence-electron chi connectivity index (χ4n) is 0. The van der Waals surface area contributed by atoms with Crippen LogP contribution in [0.4, 0.5) is 0 Å². The normalized spacial score (nSPS) is 15.0. The predicted octanol–water partition coefficient (Wildman–Crippen LogP) is -0.0848. The molecule has 0 saturated heterocycles. The van der Waals surface area contributed by atoms with E-state index < -0.39 is 6.02 Å². The van der Waals surface area contributed by atoms with Gasteiger partial charge in [0.1, 0.15) is 0 Å². The van der Waals surface area contributed by atoms with Crippen molar-refractivity contribution < 1.29 is 29.4 Å². The molecule has 0 aromatic carbocycles. The van der Waals surface area contributed by atoms with Gasteiger partial charge in [-0.3, -0.25) is 0 Å². The van der Waals surface area contributed by atoms with Gasteiger partial charge in [0.05, 0.1) is 0 Å². The second-order valence-corrected chi connectivity index (χ2v) is 2.92. The van der Waals surface area contributed by atoms with Crippen molar-refractivity contribution in [3.63, 3.8) is 0 Å². The van der Waals surface area contributed by atoms with Gasteiger partial charge in [0.15, 0.2) is 0 Å². The third kappa shape index (κ3) is 12.9. The quantitative estimate of drug-likeness (QED) is 0.352. The Hall–Kier alpha value is 0.904. The molecule has 0 aliphatic rings. The Morgan fingerprint density at radius 3 is 2.00 bits per heavy atom. The second kappa shape index (κ2) is 2.16. The maximum atomic E-state index is 9.19. The van der Waals surface area contributed by atoms with Crippen LogP contribution < -0.4 is 0 Å². The summed E-state index contributed by atoms with van der Waals surface area (Å²) in [5.41, 5.74) is 0. The van der Waals surface area contributed by atoms with E-state index in [1.54, 1.807) is 0 Å². The van der Waals surface area contributed by atoms with Crippen LogP contribution in [0, 0.1) is 0 Å². The molecule has 0 aromatic heterocycles. The van der Waals surface area contributed by atoms with Crippen molar-refractivity contribution in [1.82, 2.24) is 0 Å². The van der Waals surface area contributed by atoms with Crippen molar-refractivity contribution >= 4 is 6.02 Å². The molecule has 1 N–H and O–H groups in total. The van der Waals surface area contributed by atoms with E-state index in [9.17, 15) is 4.57 Å². The molecule has 0 aliphatic carbocycles. The molecule has 0 aliphatic heterocycles. The number of rotatable bonds is 0. The van der Waals surface area contributed by atoms with Crippen LogP contribution in [0.15, 0.2) is 0 Å². The van der Waals surface area contributed by atoms with Crippen LogP contribution in [0.1, 0.15) is 0 Å². The Labute approximate surface area is 35.9 Å². The van der Waals surface area contributed by atoms with Gasteiger partial charge in [0, 0.05) is 0 Å². The summed E-state index contributed by atoms with van der Waals surface area (Å²) in [5.74, 6) is 0. The molecule has 4 heavy (non-hydrogen) atoms. The Morgan fingerprint density at radius 2 is 2.00 bits per heavy atom. The maximum absolute atomic E-state index is 9.19. The zero-order valence-electron chi connectivity index (χ0n) is 1.86. The van der Waals surface area contributed by atoms with E-state index in [1.165, 1.54) is 19.9 Å². The SMILES string of the molecule is O=[PH](O)[Ti]. The predicted molar refractivity (Wildman–Crippen MR) is 11.2 cm³/mol. The summed E-state index contributed by atoms with van der Waals surface area (Å²) in [6.07, 6.45) is 0. The molecule has 4 heteroatoms. The fraction of sp³-hybridized carbons (Fsp3) is 0. The van der Waals surface area contributed by atoms with Crippen LogP contribution in [0.5, 0.6) is 0 Å². The van der Waals surface area contributed by atoms with Crippen LogP contribution in [-0.4, -0.2) is 4.89 Å². The van der Waals surface area contributed by atoms with Gasteiger partial charge >= 0.3 is 35.4 Å². The van der Waals surface area contributed by atoms with Crippen LogP contribution >= 0.6 is 6.02 Å². The molecule has 1 unspecified atom stereocenters. The van der Waals surface area contributed by atoms with Crippen molar-refractivity contribution in [2.75, 3.05) is 0 Å². The topological polar surface area (TPSA) is 37.3 Å². The number of hydrogen-bond donors (Lipinski definition) is 1. The van der Waals surface area contributed by atoms with Gasteiger partial charge in [-0.1, -0.05) is 0 Å². The monoisotopic (exact) mass is 113 g/mol. The van der Waals surface area contributed by atoms with Crippen molar-refractivity contribution in [2.24, 2.45) is 0 Å². The molecule has 0 rings (SSSR count). The third-order valence-corrected chi connectivity index (χ3v) is 0. The van der Waals surface area contributed by atoms with Gasteiger partial charge < -0.3 is 0 Å². The molecule has 0 saturated carbocycles. The van der Waals surface area contributed by atoms with E-state index in [0.29, 0.717) is 0 Å². The first-order valence-electron chi connectivity index (χ1n) is 0.678. The summed E-state index contributed by atoms with van der Waals surface area (Å²) in [4.78, 5) is 7.60. The first-order chi connectivity index (χ1) is 1.73. The summed E-state index contributed by atoms with van der Waals surface area (Å²) in [5, 5.41) is 0. The molecule has 23 valence electrons. The van der Waals surface area contributed by atoms with Gasteiger partial charge in [0.25, 0.3) is 0 Å². The molecular formula is H2O2PTi. The molecule has 0 fully saturated rings. The van der Waals surface area contributed by atoms with E-state index in [1.807, 2.05) is 0 Å². The molecule has 0 spiro atoms. The first kappa shape index (κ1) is 4.90. The Kier molecular flexibility index (Phi) is 2.65. The molecule has 1 atom stereocenters. The van der Waals surface area contributed by atoms with Crippen molar-refractivity contribution in [2.45, 2.75) is 0 Å². The average molecular weight is 113 g/mol. The van der Waals surface area contributed by atoms with Crippen LogP contribution in [0.2, 0.25) is 0 Å². The van der Waals surface area contributed by atoms with E-state index >= 15 is 0 Å². The molecule has 0 heterocycles. The molecular weight excluding hydrogens is 111 g/mol. The number of hydrogen-bond acceptors (Lipinski definition) is 1. The van der Waals surface area contributed by atoms with Gasteiger partial charge in [-0.25, -0.2) is 0 Å². The zero-order valence-corrected chi connectivity index (χ0v) is 4.42. The fourth-order valence-corrected chi connectivity index (χ4v) is 0. The van der Waals surface area contributed by atoms with E-state index in [2.05, 4.69) is 0 Å². The summed E-state index contributed by atoms with van der Waals surface area (Å²) >= 11 is 1.27. The van der Waals surface area contributed by atoms with E-state index in [-0.39, 0.29) is 0 Å². The summed E-state index contributed by atoms with van der Waals surface area (Å²) in [7, 11) is 0. The summed E-state index contributed by atoms with van der Waals surface area (Å²) < 4.78 is 9.19. The summed E-state index contributed by atoms with van der Waals surface area (Å²) in [6, 6.07) is -2.13. The Bertz CT molecular complexity index is 29.0. The van der Waals surface area contributed by atoms with Gasteiger partial charge in [0.2, 0.25) is 0 Å². The van der Waals surface area contributed by atoms with Crippen LogP contribution in [-0.2, 0) is 24.5 Å². The first-order valence-corrected chi connectivity index (χ1v) is 4.38. The Morgan fingerprint density at radius 1 is 2.00 bits per heavy atom. The molecule has 0 radical (unpaired) electrons. The zero-order chi connectivity index (χ0) is 3.58. The molecule has 0 amide bonds. The molecule has 0 bridgehead atoms. The minimum atomic E-state index is -2.13. The summed E-state index contributed by atoms with van der Waals surface area (Å²) in [6.45, 7) is 0. The minimum absolute atomic E-state index is 1.27. The molecule has 2 nitrogen and oxygen atoms in total. The van der Waals surface area contributed by atoms with Gasteiger partial charge in [-0.15, -0.1) is 0 Å². The van der Waals surface area contributed by atoms with Crippen LogP contribution in [0.3, 0.4) is 0 Å².